The third kappa shape index (κ3) is 4.17. The molecule has 0 unspecified atom stereocenters. The number of aliphatic imine (C=N–C) groups is 1. The van der Waals surface area contributed by atoms with Gasteiger partial charge in [0.1, 0.15) is 11.5 Å². The van der Waals surface area contributed by atoms with Crippen molar-refractivity contribution in [2.75, 3.05) is 21.3 Å². The summed E-state index contributed by atoms with van der Waals surface area (Å²) >= 11 is 1.18. The summed E-state index contributed by atoms with van der Waals surface area (Å²) in [5, 5.41) is 3.08. The molecule has 1 fully saturated rings. The topological polar surface area (TPSA) is 86.2 Å². The molecule has 0 atom stereocenters. The minimum Gasteiger partial charge on any atom is -0.497 e. The number of amidine groups is 1. The molecule has 0 saturated carbocycles. The molecular weight excluding hydrogens is 380 g/mol. The fourth-order valence-corrected chi connectivity index (χ4v) is 3.35. The number of para-hydroxylation sites is 1. The van der Waals surface area contributed by atoms with Crippen molar-refractivity contribution in [2.24, 2.45) is 4.99 Å². The Morgan fingerprint density at radius 1 is 1.11 bits per heavy atom. The monoisotopic (exact) mass is 398 g/mol. The highest BCUT2D eigenvalue weighted by molar-refractivity contribution is 8.18. The Bertz CT molecular complexity index is 984. The van der Waals surface area contributed by atoms with Gasteiger partial charge >= 0.3 is 5.97 Å². The zero-order chi connectivity index (χ0) is 20.1. The zero-order valence-corrected chi connectivity index (χ0v) is 16.3. The normalized spacial score (nSPS) is 16.2. The number of carbonyl (C=O) groups is 2. The quantitative estimate of drug-likeness (QED) is 0.614. The highest BCUT2D eigenvalue weighted by Crippen LogP contribution is 2.32. The number of nitrogens with one attached hydrogen (secondary N) is 1. The molecule has 1 heterocycles. The fraction of sp³-hybridized carbons (Fsp3) is 0.150. The molecule has 7 nitrogen and oxygen atoms in total. The molecule has 28 heavy (non-hydrogen) atoms. The Labute approximate surface area is 166 Å². The first-order valence-corrected chi connectivity index (χ1v) is 9.06. The van der Waals surface area contributed by atoms with Crippen LogP contribution < -0.4 is 14.8 Å². The molecule has 0 radical (unpaired) electrons. The van der Waals surface area contributed by atoms with E-state index in [9.17, 15) is 9.59 Å². The average molecular weight is 398 g/mol. The van der Waals surface area contributed by atoms with Gasteiger partial charge in [0.05, 0.1) is 37.5 Å². The second-order valence-electron chi connectivity index (χ2n) is 5.60. The maximum Gasteiger partial charge on any atom is 0.340 e. The van der Waals surface area contributed by atoms with Crippen LogP contribution in [0.3, 0.4) is 0 Å². The molecule has 1 aliphatic rings. The van der Waals surface area contributed by atoms with Crippen molar-refractivity contribution in [3.05, 3.63) is 58.5 Å². The van der Waals surface area contributed by atoms with Crippen LogP contribution in [0.25, 0.3) is 6.08 Å². The van der Waals surface area contributed by atoms with Crippen molar-refractivity contribution in [3.63, 3.8) is 0 Å². The molecule has 1 N–H and O–H groups in total. The van der Waals surface area contributed by atoms with Crippen molar-refractivity contribution in [3.8, 4) is 11.5 Å². The third-order valence-electron chi connectivity index (χ3n) is 3.91. The van der Waals surface area contributed by atoms with E-state index < -0.39 is 5.97 Å². The molecule has 2 aromatic rings. The van der Waals surface area contributed by atoms with E-state index in [2.05, 4.69) is 10.3 Å². The van der Waals surface area contributed by atoms with Gasteiger partial charge in [0.25, 0.3) is 5.91 Å². The van der Waals surface area contributed by atoms with Gasteiger partial charge in [-0.2, -0.15) is 0 Å². The fourth-order valence-electron chi connectivity index (χ4n) is 2.52. The predicted molar refractivity (Wildman–Crippen MR) is 108 cm³/mol. The van der Waals surface area contributed by atoms with E-state index >= 15 is 0 Å². The van der Waals surface area contributed by atoms with E-state index in [0.29, 0.717) is 32.8 Å². The first-order valence-electron chi connectivity index (χ1n) is 8.24. The maximum absolute atomic E-state index is 12.3. The van der Waals surface area contributed by atoms with Crippen LogP contribution in [0.15, 0.2) is 52.4 Å². The predicted octanol–water partition coefficient (Wildman–Crippen LogP) is 3.38. The van der Waals surface area contributed by atoms with Crippen LogP contribution in [-0.2, 0) is 9.53 Å². The van der Waals surface area contributed by atoms with E-state index in [0.717, 1.165) is 5.56 Å². The van der Waals surface area contributed by atoms with E-state index in [1.807, 2.05) is 0 Å². The summed E-state index contributed by atoms with van der Waals surface area (Å²) < 4.78 is 15.3. The van der Waals surface area contributed by atoms with Gasteiger partial charge in [0.15, 0.2) is 5.17 Å². The van der Waals surface area contributed by atoms with Crippen molar-refractivity contribution >= 4 is 40.6 Å². The number of ether oxygens (including phenoxy) is 3. The zero-order valence-electron chi connectivity index (χ0n) is 15.5. The molecule has 2 aromatic carbocycles. The number of benzene rings is 2. The number of hydrogen-bond acceptors (Lipinski definition) is 7. The van der Waals surface area contributed by atoms with Crippen molar-refractivity contribution in [2.45, 2.75) is 0 Å². The van der Waals surface area contributed by atoms with Crippen LogP contribution in [0.4, 0.5) is 5.69 Å². The van der Waals surface area contributed by atoms with Gasteiger partial charge in [-0.15, -0.1) is 0 Å². The molecule has 0 aliphatic carbocycles. The van der Waals surface area contributed by atoms with Gasteiger partial charge in [-0.1, -0.05) is 12.1 Å². The van der Waals surface area contributed by atoms with E-state index in [1.54, 1.807) is 62.8 Å². The van der Waals surface area contributed by atoms with Gasteiger partial charge in [0, 0.05) is 11.6 Å². The lowest BCUT2D eigenvalue weighted by Crippen LogP contribution is -2.19. The van der Waals surface area contributed by atoms with E-state index in [-0.39, 0.29) is 5.91 Å². The Morgan fingerprint density at radius 3 is 2.61 bits per heavy atom. The second-order valence-corrected chi connectivity index (χ2v) is 6.63. The van der Waals surface area contributed by atoms with Crippen LogP contribution in [-0.4, -0.2) is 38.4 Å². The largest absolute Gasteiger partial charge is 0.497 e. The van der Waals surface area contributed by atoms with E-state index in [4.69, 9.17) is 14.2 Å². The van der Waals surface area contributed by atoms with Crippen molar-refractivity contribution < 1.29 is 23.8 Å². The molecule has 8 heteroatoms. The van der Waals surface area contributed by atoms with Gasteiger partial charge < -0.3 is 19.5 Å². The molecule has 0 bridgehead atoms. The molecule has 144 valence electrons. The minimum atomic E-state index is -0.493. The number of methoxy groups -OCH3 is 3. The lowest BCUT2D eigenvalue weighted by molar-refractivity contribution is -0.115. The highest BCUT2D eigenvalue weighted by atomic mass is 32.2. The molecule has 1 aliphatic heterocycles. The SMILES string of the molecule is COC(=O)c1ccccc1N=C1NC(=O)/C(=C/c2ccc(OC)cc2OC)S1. The number of hydrogen-bond donors (Lipinski definition) is 1. The molecule has 0 spiro atoms. The summed E-state index contributed by atoms with van der Waals surface area (Å²) in [5.74, 6) is 0.469. The number of nitrogens with zero attached hydrogens (tertiary/aromatic N) is 1. The van der Waals surface area contributed by atoms with Crippen LogP contribution >= 0.6 is 11.8 Å². The smallest absolute Gasteiger partial charge is 0.340 e. The molecule has 1 amide bonds. The summed E-state index contributed by atoms with van der Waals surface area (Å²) in [5.41, 5.74) is 1.47. The number of esters is 1. The van der Waals surface area contributed by atoms with Gasteiger partial charge in [-0.05, 0) is 42.1 Å². The van der Waals surface area contributed by atoms with Crippen molar-refractivity contribution in [1.82, 2.24) is 5.32 Å². The Hall–Kier alpha value is -3.26. The summed E-state index contributed by atoms with van der Waals surface area (Å²) in [6, 6.07) is 12.1. The summed E-state index contributed by atoms with van der Waals surface area (Å²) in [6.45, 7) is 0. The van der Waals surface area contributed by atoms with Gasteiger partial charge in [-0.3, -0.25) is 4.79 Å². The molecule has 3 rings (SSSR count). The minimum absolute atomic E-state index is 0.280. The molecule has 1 saturated heterocycles. The van der Waals surface area contributed by atoms with Gasteiger partial charge in [-0.25, -0.2) is 9.79 Å². The van der Waals surface area contributed by atoms with Crippen LogP contribution in [0.2, 0.25) is 0 Å². The van der Waals surface area contributed by atoms with E-state index in [1.165, 1.54) is 18.9 Å². The maximum atomic E-state index is 12.3. The van der Waals surface area contributed by atoms with Crippen LogP contribution in [0, 0.1) is 0 Å². The first-order chi connectivity index (χ1) is 13.5. The first kappa shape index (κ1) is 19.5. The number of thioether (sulfide) groups is 1. The Morgan fingerprint density at radius 2 is 1.89 bits per heavy atom. The highest BCUT2D eigenvalue weighted by Gasteiger charge is 2.25. The Balaban J connectivity index is 1.90. The lowest BCUT2D eigenvalue weighted by Gasteiger charge is -2.07. The third-order valence-corrected chi connectivity index (χ3v) is 4.82. The number of amides is 1. The van der Waals surface area contributed by atoms with Crippen molar-refractivity contribution in [1.29, 1.82) is 0 Å². The summed E-state index contributed by atoms with van der Waals surface area (Å²) in [4.78, 5) is 29.1. The van der Waals surface area contributed by atoms with Crippen LogP contribution in [0.5, 0.6) is 11.5 Å². The summed E-state index contributed by atoms with van der Waals surface area (Å²) in [7, 11) is 4.43. The summed E-state index contributed by atoms with van der Waals surface area (Å²) in [6.07, 6.45) is 1.72. The van der Waals surface area contributed by atoms with Gasteiger partial charge in [0.2, 0.25) is 0 Å². The Kier molecular flexibility index (Phi) is 6.00. The molecular formula is C20H18N2O5S. The average Bonchev–Trinajstić information content (AvgIpc) is 3.06. The number of carbonyl (C=O) groups excluding carboxylic acids is 2. The number of rotatable bonds is 5. The van der Waals surface area contributed by atoms with Crippen LogP contribution in [0.1, 0.15) is 15.9 Å². The standard InChI is InChI=1S/C20H18N2O5S/c1-25-13-9-8-12(16(11-13)26-2)10-17-18(23)22-20(28-17)21-15-7-5-4-6-14(15)19(24)27-3/h4-11H,1-3H3,(H,21,22,23)/b17-10-. The second kappa shape index (κ2) is 8.62. The molecule has 0 aromatic heterocycles. The lowest BCUT2D eigenvalue weighted by atomic mass is 10.1.